The number of likely N-dealkylation sites (N-methyl/N-ethyl adjacent to an activating group) is 1. The van der Waals surface area contributed by atoms with Crippen molar-refractivity contribution in [1.29, 1.82) is 0 Å². The highest BCUT2D eigenvalue weighted by Crippen LogP contribution is 2.37. The molecule has 0 amide bonds. The van der Waals surface area contributed by atoms with Gasteiger partial charge in [-0.05, 0) is 38.4 Å². The van der Waals surface area contributed by atoms with Crippen LogP contribution in [0.2, 0.25) is 0 Å². The fourth-order valence-electron chi connectivity index (χ4n) is 5.17. The summed E-state index contributed by atoms with van der Waals surface area (Å²) in [5, 5.41) is 8.62. The van der Waals surface area contributed by atoms with Gasteiger partial charge in [-0.15, -0.1) is 0 Å². The van der Waals surface area contributed by atoms with Crippen molar-refractivity contribution in [1.82, 2.24) is 29.8 Å². The number of hydrazine groups is 1. The smallest absolute Gasteiger partial charge is 0.216 e. The summed E-state index contributed by atoms with van der Waals surface area (Å²) in [5.41, 5.74) is 2.26. The maximum absolute atomic E-state index is 5.07. The summed E-state index contributed by atoms with van der Waals surface area (Å²) in [6.45, 7) is 5.80. The minimum Gasteiger partial charge on any atom is -0.335 e. The Hall–Kier alpha value is -2.42. The molecule has 4 heterocycles. The number of hydrogen-bond donors (Lipinski definition) is 1. The van der Waals surface area contributed by atoms with E-state index >= 15 is 0 Å². The Balaban J connectivity index is 1.37. The van der Waals surface area contributed by atoms with E-state index in [1.54, 1.807) is 0 Å². The number of piperazine rings is 1. The minimum absolute atomic E-state index is 0.197. The van der Waals surface area contributed by atoms with E-state index in [9.17, 15) is 0 Å². The van der Waals surface area contributed by atoms with Gasteiger partial charge in [-0.1, -0.05) is 24.3 Å². The van der Waals surface area contributed by atoms with Crippen LogP contribution < -0.4 is 10.2 Å². The fourth-order valence-corrected chi connectivity index (χ4v) is 5.17. The van der Waals surface area contributed by atoms with Crippen molar-refractivity contribution in [2.24, 2.45) is 10.9 Å². The first-order valence-corrected chi connectivity index (χ1v) is 11.2. The number of nitrogens with zero attached hydrogens (tertiary/aromatic N) is 7. The average molecular weight is 407 g/mol. The quantitative estimate of drug-likeness (QED) is 0.771. The summed E-state index contributed by atoms with van der Waals surface area (Å²) < 4.78 is 2.42. The number of para-hydroxylation sites is 2. The van der Waals surface area contributed by atoms with Crippen molar-refractivity contribution >= 4 is 22.9 Å². The number of nitrogens with one attached hydrogen (secondary N) is 1. The summed E-state index contributed by atoms with van der Waals surface area (Å²) >= 11 is 0. The van der Waals surface area contributed by atoms with Crippen molar-refractivity contribution < 1.29 is 0 Å². The number of aliphatic imine (C=N–C) groups is 1. The lowest BCUT2D eigenvalue weighted by molar-refractivity contribution is -0.0530. The van der Waals surface area contributed by atoms with Crippen molar-refractivity contribution in [3.63, 3.8) is 0 Å². The number of hydrogen-bond acceptors (Lipinski definition) is 7. The van der Waals surface area contributed by atoms with Gasteiger partial charge in [0, 0.05) is 32.1 Å². The predicted octanol–water partition coefficient (Wildman–Crippen LogP) is 2.05. The maximum Gasteiger partial charge on any atom is 0.216 e. The van der Waals surface area contributed by atoms with Gasteiger partial charge in [0.2, 0.25) is 11.9 Å². The topological polar surface area (TPSA) is 55.2 Å². The highest BCUT2D eigenvalue weighted by Gasteiger charge is 2.39. The van der Waals surface area contributed by atoms with E-state index in [0.29, 0.717) is 12.6 Å². The third kappa shape index (κ3) is 3.02. The molecular formula is C22H30N8. The number of fused-ring (bicyclic) bond motifs is 5. The molecule has 158 valence electrons. The van der Waals surface area contributed by atoms with Crippen molar-refractivity contribution in [3.05, 3.63) is 36.4 Å². The SMILES string of the molecule is CN1CCN(N2CN=C3NC(C4CC=CCC4)n4c(nc5ccccc54)N3C2)CC1. The van der Waals surface area contributed by atoms with E-state index in [0.717, 1.165) is 63.1 Å². The fraction of sp³-hybridized carbons (Fsp3) is 0.545. The van der Waals surface area contributed by atoms with Crippen LogP contribution in [0, 0.1) is 5.92 Å². The lowest BCUT2D eigenvalue weighted by atomic mass is 9.91. The molecule has 0 saturated carbocycles. The van der Waals surface area contributed by atoms with Crippen LogP contribution in [0.15, 0.2) is 41.4 Å². The standard InChI is InChI=1S/C22H30N8/c1-26-11-13-27(14-12-26)28-15-23-21-25-20(17-7-3-2-4-8-17)30-19-10-6-5-9-18(19)24-22(30)29(21)16-28/h2-3,5-6,9-10,17,20H,4,7-8,11-16H2,1H3,(H,23,25). The third-order valence-electron chi connectivity index (χ3n) is 6.95. The lowest BCUT2D eigenvalue weighted by Gasteiger charge is -2.47. The van der Waals surface area contributed by atoms with Gasteiger partial charge < -0.3 is 10.2 Å². The Morgan fingerprint density at radius 3 is 2.73 bits per heavy atom. The second-order valence-corrected chi connectivity index (χ2v) is 8.86. The molecule has 8 nitrogen and oxygen atoms in total. The van der Waals surface area contributed by atoms with Gasteiger partial charge in [-0.25, -0.2) is 20.0 Å². The number of guanidine groups is 1. The van der Waals surface area contributed by atoms with E-state index in [-0.39, 0.29) is 6.17 Å². The first-order valence-electron chi connectivity index (χ1n) is 11.2. The monoisotopic (exact) mass is 406 g/mol. The van der Waals surface area contributed by atoms with E-state index in [1.807, 2.05) is 0 Å². The molecule has 0 bridgehead atoms. The average Bonchev–Trinajstić information content (AvgIpc) is 3.19. The second-order valence-electron chi connectivity index (χ2n) is 8.86. The molecule has 6 rings (SSSR count). The Morgan fingerprint density at radius 1 is 1.03 bits per heavy atom. The van der Waals surface area contributed by atoms with Crippen LogP contribution in [0.25, 0.3) is 11.0 Å². The Kier molecular flexibility index (Phi) is 4.51. The number of aromatic nitrogens is 2. The Morgan fingerprint density at radius 2 is 1.90 bits per heavy atom. The molecule has 3 aliphatic heterocycles. The summed E-state index contributed by atoms with van der Waals surface area (Å²) in [7, 11) is 2.20. The number of benzene rings is 1. The molecule has 1 fully saturated rings. The van der Waals surface area contributed by atoms with Gasteiger partial charge in [-0.2, -0.15) is 0 Å². The van der Waals surface area contributed by atoms with Gasteiger partial charge in [0.25, 0.3) is 0 Å². The Labute approximate surface area is 177 Å². The highest BCUT2D eigenvalue weighted by molar-refractivity contribution is 5.98. The largest absolute Gasteiger partial charge is 0.335 e. The molecule has 1 aliphatic carbocycles. The van der Waals surface area contributed by atoms with Gasteiger partial charge in [0.15, 0.2) is 0 Å². The summed E-state index contributed by atoms with van der Waals surface area (Å²) in [6, 6.07) is 8.52. The second kappa shape index (κ2) is 7.37. The molecule has 1 saturated heterocycles. The zero-order valence-electron chi connectivity index (χ0n) is 17.6. The van der Waals surface area contributed by atoms with Gasteiger partial charge in [0.05, 0.1) is 17.7 Å². The first-order chi connectivity index (χ1) is 14.8. The molecular weight excluding hydrogens is 376 g/mol. The highest BCUT2D eigenvalue weighted by atomic mass is 15.7. The van der Waals surface area contributed by atoms with Crippen LogP contribution in [0.1, 0.15) is 25.4 Å². The van der Waals surface area contributed by atoms with E-state index < -0.39 is 0 Å². The molecule has 4 aliphatic rings. The van der Waals surface area contributed by atoms with E-state index in [1.165, 1.54) is 11.9 Å². The third-order valence-corrected chi connectivity index (χ3v) is 6.95. The van der Waals surface area contributed by atoms with Gasteiger partial charge in [-0.3, -0.25) is 9.47 Å². The number of rotatable bonds is 2. The predicted molar refractivity (Wildman–Crippen MR) is 119 cm³/mol. The van der Waals surface area contributed by atoms with Crippen LogP contribution in [0.3, 0.4) is 0 Å². The summed E-state index contributed by atoms with van der Waals surface area (Å²) in [6.07, 6.45) is 8.29. The van der Waals surface area contributed by atoms with E-state index in [2.05, 4.69) is 73.2 Å². The van der Waals surface area contributed by atoms with Crippen molar-refractivity contribution in [3.8, 4) is 0 Å². The number of imidazole rings is 1. The molecule has 2 aromatic rings. The zero-order valence-corrected chi connectivity index (χ0v) is 17.6. The van der Waals surface area contributed by atoms with Crippen molar-refractivity contribution in [2.75, 3.05) is 51.5 Å². The molecule has 2 unspecified atom stereocenters. The first kappa shape index (κ1) is 18.4. The maximum atomic E-state index is 5.07. The van der Waals surface area contributed by atoms with Gasteiger partial charge >= 0.3 is 0 Å². The molecule has 1 aromatic heterocycles. The molecule has 1 aromatic carbocycles. The molecule has 0 radical (unpaired) electrons. The van der Waals surface area contributed by atoms with E-state index in [4.69, 9.17) is 9.98 Å². The molecule has 2 atom stereocenters. The van der Waals surface area contributed by atoms with Crippen LogP contribution in [0.4, 0.5) is 5.95 Å². The van der Waals surface area contributed by atoms with Crippen molar-refractivity contribution in [2.45, 2.75) is 25.4 Å². The molecule has 1 N–H and O–H groups in total. The molecule has 0 spiro atoms. The normalized spacial score (nSPS) is 28.2. The minimum atomic E-state index is 0.197. The molecule has 8 heteroatoms. The summed E-state index contributed by atoms with van der Waals surface area (Å²) in [4.78, 5) is 14.7. The van der Waals surface area contributed by atoms with Crippen LogP contribution >= 0.6 is 0 Å². The van der Waals surface area contributed by atoms with Gasteiger partial charge in [0.1, 0.15) is 12.8 Å². The van der Waals surface area contributed by atoms with Crippen LogP contribution in [0.5, 0.6) is 0 Å². The van der Waals surface area contributed by atoms with Crippen LogP contribution in [-0.4, -0.2) is 77.0 Å². The Bertz CT molecular complexity index is 986. The number of anilines is 1. The zero-order chi connectivity index (χ0) is 20.1. The van der Waals surface area contributed by atoms with Crippen LogP contribution in [-0.2, 0) is 0 Å². The summed E-state index contributed by atoms with van der Waals surface area (Å²) in [5.74, 6) is 2.54. The lowest BCUT2D eigenvalue weighted by Crippen LogP contribution is -2.63. The number of allylic oxidation sites excluding steroid dienone is 2. The molecule has 30 heavy (non-hydrogen) atoms.